The van der Waals surface area contributed by atoms with Gasteiger partial charge in [-0.3, -0.25) is 4.79 Å². The Bertz CT molecular complexity index is 423. The first-order chi connectivity index (χ1) is 8.25. The van der Waals surface area contributed by atoms with Gasteiger partial charge >= 0.3 is 0 Å². The minimum atomic E-state index is -0.0502. The van der Waals surface area contributed by atoms with Crippen molar-refractivity contribution in [1.29, 1.82) is 0 Å². The normalized spacial score (nSPS) is 15.5. The number of thiazole rings is 1. The fourth-order valence-corrected chi connectivity index (χ4v) is 2.62. The smallest absolute Gasteiger partial charge is 0.270 e. The molecule has 0 aromatic carbocycles. The summed E-state index contributed by atoms with van der Waals surface area (Å²) in [4.78, 5) is 15.9. The van der Waals surface area contributed by atoms with Gasteiger partial charge in [-0.1, -0.05) is 11.6 Å². The fourth-order valence-electron chi connectivity index (χ4n) is 2.03. The molecule has 0 unspecified atom stereocenters. The van der Waals surface area contributed by atoms with Gasteiger partial charge in [0.1, 0.15) is 5.69 Å². The van der Waals surface area contributed by atoms with Gasteiger partial charge in [-0.15, -0.1) is 11.3 Å². The van der Waals surface area contributed by atoms with Crippen LogP contribution in [-0.2, 0) is 0 Å². The number of amides is 1. The molecule has 0 bridgehead atoms. The molecule has 17 heavy (non-hydrogen) atoms. The number of carbonyl (C=O) groups is 1. The van der Waals surface area contributed by atoms with Crippen molar-refractivity contribution in [3.05, 3.63) is 27.7 Å². The lowest BCUT2D eigenvalue weighted by atomic mass is 9.97. The highest BCUT2D eigenvalue weighted by Crippen LogP contribution is 2.19. The Morgan fingerprint density at radius 3 is 3.06 bits per heavy atom. The third-order valence-corrected chi connectivity index (χ3v) is 3.74. The Labute approximate surface area is 106 Å². The van der Waals surface area contributed by atoms with Crippen LogP contribution in [0.5, 0.6) is 0 Å². The van der Waals surface area contributed by atoms with Crippen molar-refractivity contribution in [2.75, 3.05) is 6.54 Å². The van der Waals surface area contributed by atoms with Crippen LogP contribution in [0.2, 0.25) is 0 Å². The van der Waals surface area contributed by atoms with Crippen LogP contribution in [0, 0.1) is 6.92 Å². The van der Waals surface area contributed by atoms with Crippen molar-refractivity contribution in [2.45, 2.75) is 39.0 Å². The van der Waals surface area contributed by atoms with Gasteiger partial charge < -0.3 is 5.32 Å². The molecule has 1 amide bonds. The van der Waals surface area contributed by atoms with Crippen molar-refractivity contribution in [3.63, 3.8) is 0 Å². The van der Waals surface area contributed by atoms with Crippen molar-refractivity contribution in [3.8, 4) is 0 Å². The van der Waals surface area contributed by atoms with Gasteiger partial charge in [0.2, 0.25) is 0 Å². The fraction of sp³-hybridized carbons (Fsp3) is 0.538. The number of allylic oxidation sites excluding steroid dienone is 1. The van der Waals surface area contributed by atoms with E-state index < -0.39 is 0 Å². The van der Waals surface area contributed by atoms with Gasteiger partial charge in [-0.2, -0.15) is 0 Å². The third-order valence-electron chi connectivity index (χ3n) is 2.97. The number of hydrogen-bond acceptors (Lipinski definition) is 3. The largest absolute Gasteiger partial charge is 0.350 e. The average molecular weight is 250 g/mol. The number of carbonyl (C=O) groups excluding carboxylic acids is 1. The van der Waals surface area contributed by atoms with Crippen LogP contribution in [0.25, 0.3) is 0 Å². The molecular formula is C13H18N2OS. The Morgan fingerprint density at radius 1 is 1.53 bits per heavy atom. The molecule has 0 spiro atoms. The molecule has 0 fully saturated rings. The number of nitrogens with one attached hydrogen (secondary N) is 1. The van der Waals surface area contributed by atoms with Crippen LogP contribution >= 0.6 is 11.3 Å². The van der Waals surface area contributed by atoms with Crippen molar-refractivity contribution in [2.24, 2.45) is 0 Å². The summed E-state index contributed by atoms with van der Waals surface area (Å²) in [7, 11) is 0. The molecule has 1 heterocycles. The van der Waals surface area contributed by atoms with Crippen molar-refractivity contribution in [1.82, 2.24) is 10.3 Å². The zero-order valence-electron chi connectivity index (χ0n) is 10.2. The van der Waals surface area contributed by atoms with Gasteiger partial charge in [0, 0.05) is 11.9 Å². The quantitative estimate of drug-likeness (QED) is 0.834. The lowest BCUT2D eigenvalue weighted by Gasteiger charge is -2.12. The van der Waals surface area contributed by atoms with Crippen LogP contribution in [0.15, 0.2) is 17.0 Å². The van der Waals surface area contributed by atoms with E-state index in [2.05, 4.69) is 16.4 Å². The molecule has 92 valence electrons. The molecule has 0 saturated carbocycles. The third kappa shape index (κ3) is 3.66. The van der Waals surface area contributed by atoms with Gasteiger partial charge in [0.15, 0.2) is 0 Å². The van der Waals surface area contributed by atoms with E-state index in [1.165, 1.54) is 42.6 Å². The van der Waals surface area contributed by atoms with E-state index >= 15 is 0 Å². The molecule has 1 aliphatic rings. The Morgan fingerprint density at radius 2 is 2.41 bits per heavy atom. The number of aryl methyl sites for hydroxylation is 1. The molecule has 1 aliphatic carbocycles. The maximum atomic E-state index is 11.7. The highest BCUT2D eigenvalue weighted by Gasteiger charge is 2.09. The van der Waals surface area contributed by atoms with Crippen LogP contribution in [-0.4, -0.2) is 17.4 Å². The summed E-state index contributed by atoms with van der Waals surface area (Å²) >= 11 is 1.51. The Kier molecular flexibility index (Phi) is 4.31. The molecular weight excluding hydrogens is 232 g/mol. The number of nitrogens with zero attached hydrogens (tertiary/aromatic N) is 1. The second-order valence-corrected chi connectivity index (χ2v) is 5.43. The van der Waals surface area contributed by atoms with E-state index in [1.807, 2.05) is 12.3 Å². The summed E-state index contributed by atoms with van der Waals surface area (Å²) in [6, 6.07) is 0. The molecule has 4 heteroatoms. The van der Waals surface area contributed by atoms with E-state index in [0.717, 1.165) is 18.0 Å². The molecule has 2 rings (SSSR count). The number of aromatic nitrogens is 1. The van der Waals surface area contributed by atoms with Crippen molar-refractivity contribution < 1.29 is 4.79 Å². The maximum Gasteiger partial charge on any atom is 0.270 e. The SMILES string of the molecule is Cc1nc(C(=O)NCCC2=CCCCC2)cs1. The molecule has 1 aromatic rings. The van der Waals surface area contributed by atoms with Gasteiger partial charge in [0.05, 0.1) is 5.01 Å². The maximum absolute atomic E-state index is 11.7. The minimum Gasteiger partial charge on any atom is -0.350 e. The van der Waals surface area contributed by atoms with Crippen LogP contribution in [0.4, 0.5) is 0 Å². The highest BCUT2D eigenvalue weighted by molar-refractivity contribution is 7.09. The second kappa shape index (κ2) is 5.96. The zero-order valence-corrected chi connectivity index (χ0v) is 11.0. The topological polar surface area (TPSA) is 42.0 Å². The Hall–Kier alpha value is -1.16. The lowest BCUT2D eigenvalue weighted by molar-refractivity contribution is 0.0949. The first-order valence-electron chi connectivity index (χ1n) is 6.14. The minimum absolute atomic E-state index is 0.0502. The predicted molar refractivity (Wildman–Crippen MR) is 70.4 cm³/mol. The monoisotopic (exact) mass is 250 g/mol. The van der Waals surface area contributed by atoms with Crippen molar-refractivity contribution >= 4 is 17.2 Å². The van der Waals surface area contributed by atoms with E-state index in [9.17, 15) is 4.79 Å². The highest BCUT2D eigenvalue weighted by atomic mass is 32.1. The van der Waals surface area contributed by atoms with E-state index in [1.54, 1.807) is 0 Å². The van der Waals surface area contributed by atoms with E-state index in [0.29, 0.717) is 5.69 Å². The van der Waals surface area contributed by atoms with Crippen LogP contribution < -0.4 is 5.32 Å². The van der Waals surface area contributed by atoms with Gasteiger partial charge in [-0.25, -0.2) is 4.98 Å². The molecule has 0 saturated heterocycles. The second-order valence-electron chi connectivity index (χ2n) is 4.37. The summed E-state index contributed by atoms with van der Waals surface area (Å²) in [6.45, 7) is 2.63. The first kappa shape index (κ1) is 12.3. The summed E-state index contributed by atoms with van der Waals surface area (Å²) in [6.07, 6.45) is 8.32. The molecule has 1 aromatic heterocycles. The van der Waals surface area contributed by atoms with E-state index in [4.69, 9.17) is 0 Å². The zero-order chi connectivity index (χ0) is 12.1. The van der Waals surface area contributed by atoms with Crippen LogP contribution in [0.1, 0.15) is 47.6 Å². The average Bonchev–Trinajstić information content (AvgIpc) is 2.77. The van der Waals surface area contributed by atoms with Gasteiger partial charge in [0.25, 0.3) is 5.91 Å². The molecule has 3 nitrogen and oxygen atoms in total. The Balaban J connectivity index is 1.75. The van der Waals surface area contributed by atoms with E-state index in [-0.39, 0.29) is 5.91 Å². The molecule has 1 N–H and O–H groups in total. The molecule has 0 atom stereocenters. The molecule has 0 radical (unpaired) electrons. The number of hydrogen-bond donors (Lipinski definition) is 1. The first-order valence-corrected chi connectivity index (χ1v) is 7.02. The molecule has 0 aliphatic heterocycles. The summed E-state index contributed by atoms with van der Waals surface area (Å²) < 4.78 is 0. The van der Waals surface area contributed by atoms with Crippen LogP contribution in [0.3, 0.4) is 0 Å². The summed E-state index contributed by atoms with van der Waals surface area (Å²) in [5.41, 5.74) is 2.04. The van der Waals surface area contributed by atoms with Gasteiger partial charge in [-0.05, 0) is 39.0 Å². The lowest BCUT2D eigenvalue weighted by Crippen LogP contribution is -2.25. The number of rotatable bonds is 4. The summed E-state index contributed by atoms with van der Waals surface area (Å²) in [5, 5.41) is 5.67. The standard InChI is InChI=1S/C13H18N2OS/c1-10-15-12(9-17-10)13(16)14-8-7-11-5-3-2-4-6-11/h5,9H,2-4,6-8H2,1H3,(H,14,16). The summed E-state index contributed by atoms with van der Waals surface area (Å²) in [5.74, 6) is -0.0502. The predicted octanol–water partition coefficient (Wildman–Crippen LogP) is 3.07.